The van der Waals surface area contributed by atoms with Crippen molar-refractivity contribution in [1.82, 2.24) is 25.6 Å². The summed E-state index contributed by atoms with van der Waals surface area (Å²) >= 11 is 0. The van der Waals surface area contributed by atoms with E-state index in [1.54, 1.807) is 13.2 Å². The van der Waals surface area contributed by atoms with Crippen molar-refractivity contribution < 1.29 is 4.52 Å². The number of hydrogen-bond acceptors (Lipinski definition) is 4. The first kappa shape index (κ1) is 19.0. The minimum atomic E-state index is 0.435. The van der Waals surface area contributed by atoms with E-state index >= 15 is 0 Å². The average Bonchev–Trinajstić information content (AvgIpc) is 3.28. The first-order valence-corrected chi connectivity index (χ1v) is 9.03. The molecule has 0 saturated carbocycles. The van der Waals surface area contributed by atoms with Gasteiger partial charge in [0.1, 0.15) is 0 Å². The molecular formula is C18H30N6O. The third-order valence-electron chi connectivity index (χ3n) is 4.31. The summed E-state index contributed by atoms with van der Waals surface area (Å²) in [4.78, 5) is 4.26. The molecule has 7 heteroatoms. The first-order chi connectivity index (χ1) is 12.2. The van der Waals surface area contributed by atoms with Crippen LogP contribution in [0.15, 0.2) is 34.0 Å². The molecule has 0 aliphatic heterocycles. The number of hydrogen-bond donors (Lipinski definition) is 2. The lowest BCUT2D eigenvalue weighted by atomic mass is 9.99. The SMILES string of the molecule is CCC(CC)c1cc(CNC(=NC)NCC(C)Cn2cccn2)on1. The first-order valence-electron chi connectivity index (χ1n) is 9.03. The predicted molar refractivity (Wildman–Crippen MR) is 99.4 cm³/mol. The van der Waals surface area contributed by atoms with E-state index in [1.165, 1.54) is 0 Å². The van der Waals surface area contributed by atoms with Crippen LogP contribution in [-0.2, 0) is 13.1 Å². The quantitative estimate of drug-likeness (QED) is 0.539. The van der Waals surface area contributed by atoms with Gasteiger partial charge in [0.15, 0.2) is 11.7 Å². The van der Waals surface area contributed by atoms with Gasteiger partial charge >= 0.3 is 0 Å². The Kier molecular flexibility index (Phi) is 7.50. The fourth-order valence-electron chi connectivity index (χ4n) is 2.77. The molecule has 0 aromatic carbocycles. The highest BCUT2D eigenvalue weighted by molar-refractivity contribution is 5.79. The lowest BCUT2D eigenvalue weighted by Gasteiger charge is -2.15. The van der Waals surface area contributed by atoms with Gasteiger partial charge < -0.3 is 15.2 Å². The van der Waals surface area contributed by atoms with Crippen LogP contribution in [0.3, 0.4) is 0 Å². The number of nitrogens with one attached hydrogen (secondary N) is 2. The maximum absolute atomic E-state index is 5.43. The molecule has 0 fully saturated rings. The van der Waals surface area contributed by atoms with Gasteiger partial charge in [0, 0.05) is 44.5 Å². The van der Waals surface area contributed by atoms with Crippen LogP contribution in [0, 0.1) is 5.92 Å². The molecule has 2 rings (SSSR count). The van der Waals surface area contributed by atoms with Crippen LogP contribution in [0.1, 0.15) is 51.0 Å². The summed E-state index contributed by atoms with van der Waals surface area (Å²) in [6.45, 7) is 8.79. The van der Waals surface area contributed by atoms with Gasteiger partial charge in [-0.3, -0.25) is 9.67 Å². The second-order valence-electron chi connectivity index (χ2n) is 6.37. The van der Waals surface area contributed by atoms with Gasteiger partial charge in [0.05, 0.1) is 12.2 Å². The van der Waals surface area contributed by atoms with Crippen LogP contribution in [-0.4, -0.2) is 34.5 Å². The summed E-state index contributed by atoms with van der Waals surface area (Å²) in [5.41, 5.74) is 1.04. The van der Waals surface area contributed by atoms with Crippen molar-refractivity contribution in [3.8, 4) is 0 Å². The van der Waals surface area contributed by atoms with Gasteiger partial charge in [-0.15, -0.1) is 0 Å². The van der Waals surface area contributed by atoms with E-state index < -0.39 is 0 Å². The van der Waals surface area contributed by atoms with Gasteiger partial charge in [-0.1, -0.05) is 25.9 Å². The zero-order valence-electron chi connectivity index (χ0n) is 15.7. The van der Waals surface area contributed by atoms with Crippen LogP contribution in [0.25, 0.3) is 0 Å². The van der Waals surface area contributed by atoms with E-state index in [0.717, 1.165) is 43.3 Å². The molecule has 0 radical (unpaired) electrons. The number of rotatable bonds is 9. The summed E-state index contributed by atoms with van der Waals surface area (Å²) in [6.07, 6.45) is 5.93. The number of aliphatic imine (C=N–C) groups is 1. The van der Waals surface area contributed by atoms with Crippen LogP contribution in [0.2, 0.25) is 0 Å². The molecule has 138 valence electrons. The van der Waals surface area contributed by atoms with Crippen molar-refractivity contribution in [1.29, 1.82) is 0 Å². The molecule has 25 heavy (non-hydrogen) atoms. The third-order valence-corrected chi connectivity index (χ3v) is 4.31. The smallest absolute Gasteiger partial charge is 0.191 e. The van der Waals surface area contributed by atoms with Crippen molar-refractivity contribution in [3.05, 3.63) is 36.0 Å². The molecule has 2 heterocycles. The molecule has 0 aliphatic carbocycles. The molecular weight excluding hydrogens is 316 g/mol. The summed E-state index contributed by atoms with van der Waals surface area (Å²) in [7, 11) is 1.77. The maximum Gasteiger partial charge on any atom is 0.191 e. The molecule has 0 aliphatic rings. The van der Waals surface area contributed by atoms with E-state index in [-0.39, 0.29) is 0 Å². The monoisotopic (exact) mass is 346 g/mol. The van der Waals surface area contributed by atoms with E-state index in [0.29, 0.717) is 18.4 Å². The molecule has 0 bridgehead atoms. The highest BCUT2D eigenvalue weighted by Crippen LogP contribution is 2.22. The Bertz CT molecular complexity index is 630. The van der Waals surface area contributed by atoms with E-state index in [1.807, 2.05) is 23.0 Å². The van der Waals surface area contributed by atoms with Crippen LogP contribution in [0.5, 0.6) is 0 Å². The summed E-state index contributed by atoms with van der Waals surface area (Å²) in [5, 5.41) is 15.0. The highest BCUT2D eigenvalue weighted by atomic mass is 16.5. The molecule has 7 nitrogen and oxygen atoms in total. The summed E-state index contributed by atoms with van der Waals surface area (Å²) in [5.74, 6) is 2.49. The zero-order valence-corrected chi connectivity index (χ0v) is 15.7. The molecule has 0 spiro atoms. The van der Waals surface area contributed by atoms with Crippen molar-refractivity contribution in [2.75, 3.05) is 13.6 Å². The average molecular weight is 346 g/mol. The van der Waals surface area contributed by atoms with Gasteiger partial charge in [0.25, 0.3) is 0 Å². The zero-order chi connectivity index (χ0) is 18.1. The Morgan fingerprint density at radius 2 is 2.12 bits per heavy atom. The van der Waals surface area contributed by atoms with Gasteiger partial charge in [-0.05, 0) is 24.8 Å². The van der Waals surface area contributed by atoms with Crippen LogP contribution >= 0.6 is 0 Å². The number of nitrogens with zero attached hydrogens (tertiary/aromatic N) is 4. The Hall–Kier alpha value is -2.31. The largest absolute Gasteiger partial charge is 0.359 e. The normalized spacial score (nSPS) is 13.2. The van der Waals surface area contributed by atoms with E-state index in [2.05, 4.69) is 46.7 Å². The second kappa shape index (κ2) is 9.86. The lowest BCUT2D eigenvalue weighted by molar-refractivity contribution is 0.367. The topological polar surface area (TPSA) is 80.3 Å². The Balaban J connectivity index is 1.76. The molecule has 2 aromatic rings. The number of guanidine groups is 1. The van der Waals surface area contributed by atoms with Gasteiger partial charge in [-0.2, -0.15) is 5.10 Å². The fourth-order valence-corrected chi connectivity index (χ4v) is 2.77. The molecule has 2 aromatic heterocycles. The van der Waals surface area contributed by atoms with E-state index in [4.69, 9.17) is 4.52 Å². The van der Waals surface area contributed by atoms with Crippen molar-refractivity contribution in [2.45, 2.75) is 52.6 Å². The lowest BCUT2D eigenvalue weighted by Crippen LogP contribution is -2.39. The predicted octanol–water partition coefficient (Wildman–Crippen LogP) is 2.78. The highest BCUT2D eigenvalue weighted by Gasteiger charge is 2.13. The number of aromatic nitrogens is 3. The summed E-state index contributed by atoms with van der Waals surface area (Å²) in [6, 6.07) is 3.98. The molecule has 0 amide bonds. The van der Waals surface area contributed by atoms with Crippen molar-refractivity contribution >= 4 is 5.96 Å². The minimum absolute atomic E-state index is 0.435. The summed E-state index contributed by atoms with van der Waals surface area (Å²) < 4.78 is 7.37. The Morgan fingerprint density at radius 1 is 1.32 bits per heavy atom. The molecule has 1 atom stereocenters. The fraction of sp³-hybridized carbons (Fsp3) is 0.611. The molecule has 2 N–H and O–H groups in total. The second-order valence-corrected chi connectivity index (χ2v) is 6.37. The standard InChI is InChI=1S/C18H30N6O/c1-5-15(6-2)17-10-16(25-23-17)12-21-18(19-4)20-11-14(3)13-24-9-7-8-22-24/h7-10,14-15H,5-6,11-13H2,1-4H3,(H2,19,20,21). The third kappa shape index (κ3) is 5.92. The maximum atomic E-state index is 5.43. The van der Waals surface area contributed by atoms with Crippen LogP contribution in [0.4, 0.5) is 0 Å². The van der Waals surface area contributed by atoms with Gasteiger partial charge in [0.2, 0.25) is 0 Å². The van der Waals surface area contributed by atoms with Gasteiger partial charge in [-0.25, -0.2) is 0 Å². The van der Waals surface area contributed by atoms with E-state index in [9.17, 15) is 0 Å². The van der Waals surface area contributed by atoms with Crippen molar-refractivity contribution in [2.24, 2.45) is 10.9 Å². The minimum Gasteiger partial charge on any atom is -0.359 e. The van der Waals surface area contributed by atoms with Crippen LogP contribution < -0.4 is 10.6 Å². The Morgan fingerprint density at radius 3 is 2.76 bits per heavy atom. The van der Waals surface area contributed by atoms with Crippen molar-refractivity contribution in [3.63, 3.8) is 0 Å². The Labute approximate surface area is 149 Å². The molecule has 0 saturated heterocycles. The molecule has 1 unspecified atom stereocenters.